The summed E-state index contributed by atoms with van der Waals surface area (Å²) in [5, 5.41) is 8.63. The maximum Gasteiger partial charge on any atom is 0.410 e. The van der Waals surface area contributed by atoms with E-state index in [2.05, 4.69) is 76.3 Å². The van der Waals surface area contributed by atoms with Gasteiger partial charge in [-0.25, -0.2) is 14.6 Å². The Morgan fingerprint density at radius 1 is 0.870 bits per heavy atom. The van der Waals surface area contributed by atoms with Gasteiger partial charge in [-0.05, 0) is 97.5 Å². The second kappa shape index (κ2) is 15.2. The molecule has 4 heterocycles. The smallest absolute Gasteiger partial charge is 0.410 e. The number of aromatic amines is 1. The number of fused-ring (bicyclic) bond motifs is 1. The molecular formula is C42H51N7O5. The van der Waals surface area contributed by atoms with Crippen molar-refractivity contribution < 1.29 is 23.9 Å². The van der Waals surface area contributed by atoms with Gasteiger partial charge in [-0.15, -0.1) is 0 Å². The molecule has 3 aliphatic heterocycles. The van der Waals surface area contributed by atoms with Crippen LogP contribution in [0.4, 0.5) is 9.59 Å². The van der Waals surface area contributed by atoms with Gasteiger partial charge in [-0.2, -0.15) is 0 Å². The van der Waals surface area contributed by atoms with Gasteiger partial charge in [-0.1, -0.05) is 62.4 Å². The number of likely N-dealkylation sites (tertiary alicyclic amines) is 2. The number of H-pyrrole nitrogens is 1. The fraction of sp³-hybridized carbons (Fsp3) is 0.452. The molecule has 3 N–H and O–H groups in total. The number of rotatable bonds is 8. The number of hydrogen-bond acceptors (Lipinski definition) is 8. The molecule has 0 saturated carbocycles. The molecule has 3 aromatic carbocycles. The van der Waals surface area contributed by atoms with Gasteiger partial charge in [0.1, 0.15) is 23.3 Å². The van der Waals surface area contributed by atoms with Crippen LogP contribution in [-0.2, 0) is 14.3 Å². The molecule has 2 fully saturated rings. The lowest BCUT2D eigenvalue weighted by molar-refractivity contribution is -0.135. The summed E-state index contributed by atoms with van der Waals surface area (Å²) < 4.78 is 10.4. The van der Waals surface area contributed by atoms with Crippen LogP contribution in [0.1, 0.15) is 83.8 Å². The van der Waals surface area contributed by atoms with E-state index < -0.39 is 17.7 Å². The SMILES string of the molecule is COC(=O)N[C@H](C(=O)N1CCCC1c1ncc(-c2ccc(-c3ccc4cc(C5CN=C([C@@H]6CCCN6C(=O)OC(C)(C)C)N5)ccc4c3)cc2)[nH]1)C(C)C. The average Bonchev–Trinajstić information content (AvgIpc) is 3.98. The van der Waals surface area contributed by atoms with E-state index in [-0.39, 0.29) is 36.0 Å². The van der Waals surface area contributed by atoms with Crippen LogP contribution < -0.4 is 10.6 Å². The second-order valence-corrected chi connectivity index (χ2v) is 15.9. The number of alkyl carbamates (subject to hydrolysis) is 1. The third-order valence-corrected chi connectivity index (χ3v) is 10.6. The highest BCUT2D eigenvalue weighted by Crippen LogP contribution is 2.34. The fourth-order valence-corrected chi connectivity index (χ4v) is 7.79. The monoisotopic (exact) mass is 733 g/mol. The van der Waals surface area contributed by atoms with Gasteiger partial charge in [-0.3, -0.25) is 14.7 Å². The lowest BCUT2D eigenvalue weighted by atomic mass is 9.97. The van der Waals surface area contributed by atoms with Crippen LogP contribution in [0.15, 0.2) is 71.9 Å². The Kier molecular flexibility index (Phi) is 10.4. The third-order valence-electron chi connectivity index (χ3n) is 10.6. The number of aliphatic imine (C=N–C) groups is 1. The first-order valence-corrected chi connectivity index (χ1v) is 19.0. The molecule has 3 amide bonds. The predicted octanol–water partition coefficient (Wildman–Crippen LogP) is 7.38. The standard InChI is InChI=1S/C42H51N7O5/c1-25(2)36(47-40(51)53-6)39(50)48-19-7-9-34(48)37-43-23-32(45-37)27-13-11-26(12-14-27)28-15-16-30-22-31(18-17-29(30)21-28)33-24-44-38(46-33)35-10-8-20-49(35)41(52)54-42(3,4)5/h11-18,21-23,25,33-36H,7-10,19-20,24H2,1-6H3,(H,43,45)(H,44,46)(H,47,51)/t33?,34?,35-,36-/m0/s1. The molecule has 3 aliphatic rings. The van der Waals surface area contributed by atoms with Crippen molar-refractivity contribution in [1.29, 1.82) is 0 Å². The van der Waals surface area contributed by atoms with Crippen LogP contribution in [0, 0.1) is 5.92 Å². The minimum atomic E-state index is -0.675. The highest BCUT2D eigenvalue weighted by Gasteiger charge is 2.39. The van der Waals surface area contributed by atoms with Crippen molar-refractivity contribution in [3.63, 3.8) is 0 Å². The number of hydrogen-bond donors (Lipinski definition) is 3. The highest BCUT2D eigenvalue weighted by molar-refractivity contribution is 5.93. The number of benzene rings is 3. The molecule has 0 spiro atoms. The molecule has 7 rings (SSSR count). The van der Waals surface area contributed by atoms with E-state index in [0.717, 1.165) is 70.5 Å². The van der Waals surface area contributed by atoms with E-state index in [0.29, 0.717) is 19.6 Å². The molecule has 0 bridgehead atoms. The van der Waals surface area contributed by atoms with Crippen LogP contribution in [0.2, 0.25) is 0 Å². The molecular weight excluding hydrogens is 683 g/mol. The summed E-state index contributed by atoms with van der Waals surface area (Å²) in [6.07, 6.45) is 4.40. The fourth-order valence-electron chi connectivity index (χ4n) is 7.79. The number of methoxy groups -OCH3 is 1. The molecule has 284 valence electrons. The van der Waals surface area contributed by atoms with Crippen LogP contribution in [0.25, 0.3) is 33.2 Å². The predicted molar refractivity (Wildman–Crippen MR) is 209 cm³/mol. The van der Waals surface area contributed by atoms with Crippen molar-refractivity contribution in [1.82, 2.24) is 30.4 Å². The van der Waals surface area contributed by atoms with E-state index in [1.54, 1.807) is 0 Å². The molecule has 4 aromatic rings. The van der Waals surface area contributed by atoms with Crippen molar-refractivity contribution in [3.05, 3.63) is 78.2 Å². The van der Waals surface area contributed by atoms with Crippen molar-refractivity contribution in [2.45, 2.75) is 90.1 Å². The van der Waals surface area contributed by atoms with E-state index in [4.69, 9.17) is 19.5 Å². The Bertz CT molecular complexity index is 2050. The van der Waals surface area contributed by atoms with Crippen molar-refractivity contribution in [2.75, 3.05) is 26.7 Å². The number of carbonyl (C=O) groups is 3. The lowest BCUT2D eigenvalue weighted by Crippen LogP contribution is -2.51. The van der Waals surface area contributed by atoms with Crippen molar-refractivity contribution >= 4 is 34.7 Å². The summed E-state index contributed by atoms with van der Waals surface area (Å²) in [7, 11) is 1.30. The molecule has 2 saturated heterocycles. The van der Waals surface area contributed by atoms with Crippen LogP contribution in [0.3, 0.4) is 0 Å². The molecule has 0 aliphatic carbocycles. The van der Waals surface area contributed by atoms with Gasteiger partial charge < -0.3 is 30.0 Å². The highest BCUT2D eigenvalue weighted by atomic mass is 16.6. The van der Waals surface area contributed by atoms with Crippen LogP contribution in [-0.4, -0.2) is 88.1 Å². The Hall–Kier alpha value is -5.39. The third kappa shape index (κ3) is 7.78. The Labute approximate surface area is 316 Å². The molecule has 12 heteroatoms. The van der Waals surface area contributed by atoms with E-state index in [1.807, 2.05) is 50.6 Å². The number of ether oxygens (including phenoxy) is 2. The Morgan fingerprint density at radius 2 is 1.54 bits per heavy atom. The largest absolute Gasteiger partial charge is 0.453 e. The van der Waals surface area contributed by atoms with Gasteiger partial charge >= 0.3 is 12.2 Å². The normalized spacial score (nSPS) is 20.6. The first-order chi connectivity index (χ1) is 25.9. The number of nitrogens with one attached hydrogen (secondary N) is 3. The number of imidazole rings is 1. The zero-order valence-electron chi connectivity index (χ0n) is 32.0. The van der Waals surface area contributed by atoms with E-state index in [1.165, 1.54) is 12.7 Å². The zero-order chi connectivity index (χ0) is 38.1. The van der Waals surface area contributed by atoms with Gasteiger partial charge in [0, 0.05) is 13.1 Å². The molecule has 0 radical (unpaired) electrons. The molecule has 2 unspecified atom stereocenters. The summed E-state index contributed by atoms with van der Waals surface area (Å²) in [6.45, 7) is 11.4. The topological polar surface area (TPSA) is 141 Å². The van der Waals surface area contributed by atoms with Crippen LogP contribution >= 0.6 is 0 Å². The number of aromatic nitrogens is 2. The molecule has 54 heavy (non-hydrogen) atoms. The van der Waals surface area contributed by atoms with Crippen molar-refractivity contribution in [3.8, 4) is 22.4 Å². The minimum Gasteiger partial charge on any atom is -0.453 e. The quantitative estimate of drug-likeness (QED) is 0.172. The number of carbonyl (C=O) groups excluding carboxylic acids is 3. The summed E-state index contributed by atoms with van der Waals surface area (Å²) >= 11 is 0. The maximum absolute atomic E-state index is 13.5. The van der Waals surface area contributed by atoms with Gasteiger partial charge in [0.25, 0.3) is 0 Å². The molecule has 4 atom stereocenters. The average molecular weight is 734 g/mol. The molecule has 1 aromatic heterocycles. The van der Waals surface area contributed by atoms with Gasteiger partial charge in [0.2, 0.25) is 5.91 Å². The van der Waals surface area contributed by atoms with E-state index in [9.17, 15) is 14.4 Å². The first kappa shape index (κ1) is 36.9. The zero-order valence-corrected chi connectivity index (χ0v) is 32.0. The number of nitrogens with zero attached hydrogens (tertiary/aromatic N) is 4. The summed E-state index contributed by atoms with van der Waals surface area (Å²) in [4.78, 5) is 55.0. The summed E-state index contributed by atoms with van der Waals surface area (Å²) in [5.74, 6) is 1.39. The number of amidine groups is 1. The second-order valence-electron chi connectivity index (χ2n) is 15.9. The maximum atomic E-state index is 13.5. The lowest BCUT2D eigenvalue weighted by Gasteiger charge is -2.30. The van der Waals surface area contributed by atoms with Gasteiger partial charge in [0.05, 0.1) is 43.7 Å². The van der Waals surface area contributed by atoms with Gasteiger partial charge in [0.15, 0.2) is 0 Å². The summed E-state index contributed by atoms with van der Waals surface area (Å²) in [5.41, 5.74) is 4.75. The molecule has 12 nitrogen and oxygen atoms in total. The number of amides is 3. The summed E-state index contributed by atoms with van der Waals surface area (Å²) in [6, 6.07) is 20.6. The van der Waals surface area contributed by atoms with E-state index >= 15 is 0 Å². The Morgan fingerprint density at radius 3 is 2.26 bits per heavy atom. The Balaban J connectivity index is 0.999. The van der Waals surface area contributed by atoms with Crippen molar-refractivity contribution in [2.24, 2.45) is 10.9 Å². The first-order valence-electron chi connectivity index (χ1n) is 19.0. The minimum absolute atomic E-state index is 0.0541. The van der Waals surface area contributed by atoms with Crippen LogP contribution in [0.5, 0.6) is 0 Å².